The molecule has 92 valence electrons. The number of Topliss-reactive ketones (excluding diaryl/α,β-unsaturated/α-hetero) is 1. The number of nitrogens with zero attached hydrogens (tertiary/aromatic N) is 1. The first kappa shape index (κ1) is 12.3. The van der Waals surface area contributed by atoms with Gasteiger partial charge in [0.1, 0.15) is 5.78 Å². The summed E-state index contributed by atoms with van der Waals surface area (Å²) in [6.07, 6.45) is 0.155. The SMILES string of the molecule is COC(=O)[C@@]1(C#N)CC(=O)C[C@H]1c1ccccc1. The van der Waals surface area contributed by atoms with Crippen LogP contribution in [0.3, 0.4) is 0 Å². The summed E-state index contributed by atoms with van der Waals surface area (Å²) in [5.74, 6) is -1.11. The van der Waals surface area contributed by atoms with E-state index in [1.54, 1.807) is 0 Å². The monoisotopic (exact) mass is 243 g/mol. The van der Waals surface area contributed by atoms with E-state index in [0.29, 0.717) is 0 Å². The highest BCUT2D eigenvalue weighted by Crippen LogP contribution is 2.48. The molecule has 1 aromatic rings. The third-order valence-corrected chi connectivity index (χ3v) is 3.45. The molecule has 0 N–H and O–H groups in total. The molecule has 4 heteroatoms. The Morgan fingerprint density at radius 3 is 2.67 bits per heavy atom. The largest absolute Gasteiger partial charge is 0.468 e. The van der Waals surface area contributed by atoms with Gasteiger partial charge in [-0.15, -0.1) is 0 Å². The molecule has 2 atom stereocenters. The molecule has 0 aromatic heterocycles. The minimum absolute atomic E-state index is 0.0598. The van der Waals surface area contributed by atoms with E-state index >= 15 is 0 Å². The number of esters is 1. The highest BCUT2D eigenvalue weighted by Gasteiger charge is 2.54. The van der Waals surface area contributed by atoms with E-state index < -0.39 is 17.3 Å². The zero-order chi connectivity index (χ0) is 13.2. The Kier molecular flexibility index (Phi) is 3.15. The van der Waals surface area contributed by atoms with Crippen molar-refractivity contribution in [2.75, 3.05) is 7.11 Å². The molecule has 1 aromatic carbocycles. The summed E-state index contributed by atoms with van der Waals surface area (Å²) in [6.45, 7) is 0. The standard InChI is InChI=1S/C14H13NO3/c1-18-13(17)14(9-15)8-11(16)7-12(14)10-5-3-2-4-6-10/h2-6,12H,7-8H2,1H3/t12-,14+/m0/s1. The molecule has 4 nitrogen and oxygen atoms in total. The van der Waals surface area contributed by atoms with Crippen molar-refractivity contribution >= 4 is 11.8 Å². The first-order valence-corrected chi connectivity index (χ1v) is 5.70. The van der Waals surface area contributed by atoms with Gasteiger partial charge in [0.2, 0.25) is 0 Å². The number of carbonyl (C=O) groups excluding carboxylic acids is 2. The van der Waals surface area contributed by atoms with E-state index in [9.17, 15) is 14.9 Å². The average molecular weight is 243 g/mol. The van der Waals surface area contributed by atoms with Crippen LogP contribution in [0, 0.1) is 16.7 Å². The maximum Gasteiger partial charge on any atom is 0.327 e. The molecule has 0 saturated heterocycles. The summed E-state index contributed by atoms with van der Waals surface area (Å²) in [5, 5.41) is 9.36. The summed E-state index contributed by atoms with van der Waals surface area (Å²) < 4.78 is 4.71. The predicted octanol–water partition coefficient (Wildman–Crippen LogP) is 1.82. The summed E-state index contributed by atoms with van der Waals surface area (Å²) in [5.41, 5.74) is -0.539. The molecule has 2 rings (SSSR count). The Labute approximate surface area is 105 Å². The number of benzene rings is 1. The van der Waals surface area contributed by atoms with Crippen molar-refractivity contribution in [2.45, 2.75) is 18.8 Å². The smallest absolute Gasteiger partial charge is 0.327 e. The van der Waals surface area contributed by atoms with Gasteiger partial charge in [-0.25, -0.2) is 0 Å². The van der Waals surface area contributed by atoms with Crippen molar-refractivity contribution in [3.05, 3.63) is 35.9 Å². The number of rotatable bonds is 2. The maximum absolute atomic E-state index is 11.9. The second-order valence-electron chi connectivity index (χ2n) is 4.46. The fraction of sp³-hybridized carbons (Fsp3) is 0.357. The van der Waals surface area contributed by atoms with Crippen LogP contribution in [0.5, 0.6) is 0 Å². The molecule has 0 bridgehead atoms. The highest BCUT2D eigenvalue weighted by atomic mass is 16.5. The van der Waals surface area contributed by atoms with E-state index in [1.807, 2.05) is 36.4 Å². The number of carbonyl (C=O) groups is 2. The third kappa shape index (κ3) is 1.78. The molecule has 1 aliphatic rings. The van der Waals surface area contributed by atoms with Crippen molar-refractivity contribution in [1.82, 2.24) is 0 Å². The van der Waals surface area contributed by atoms with Crippen LogP contribution in [0.25, 0.3) is 0 Å². The zero-order valence-electron chi connectivity index (χ0n) is 10.1. The van der Waals surface area contributed by atoms with Gasteiger partial charge in [-0.3, -0.25) is 9.59 Å². The molecule has 0 heterocycles. The van der Waals surface area contributed by atoms with Crippen molar-refractivity contribution in [3.63, 3.8) is 0 Å². The van der Waals surface area contributed by atoms with Gasteiger partial charge in [0.15, 0.2) is 5.41 Å². The van der Waals surface area contributed by atoms with Gasteiger partial charge >= 0.3 is 5.97 Å². The Morgan fingerprint density at radius 1 is 1.44 bits per heavy atom. The highest BCUT2D eigenvalue weighted by molar-refractivity contribution is 5.94. The fourth-order valence-electron chi connectivity index (χ4n) is 2.56. The Morgan fingerprint density at radius 2 is 2.11 bits per heavy atom. The second-order valence-corrected chi connectivity index (χ2v) is 4.46. The van der Waals surface area contributed by atoms with Gasteiger partial charge in [0.25, 0.3) is 0 Å². The minimum Gasteiger partial charge on any atom is -0.468 e. The van der Waals surface area contributed by atoms with Crippen LogP contribution in [0.1, 0.15) is 24.3 Å². The van der Waals surface area contributed by atoms with Crippen LogP contribution in [0.4, 0.5) is 0 Å². The van der Waals surface area contributed by atoms with Gasteiger partial charge in [-0.05, 0) is 5.56 Å². The molecule has 0 unspecified atom stereocenters. The van der Waals surface area contributed by atoms with Crippen molar-refractivity contribution in [3.8, 4) is 6.07 Å². The van der Waals surface area contributed by atoms with Crippen LogP contribution in [-0.2, 0) is 14.3 Å². The van der Waals surface area contributed by atoms with E-state index in [-0.39, 0.29) is 18.6 Å². The van der Waals surface area contributed by atoms with Crippen LogP contribution in [0.15, 0.2) is 30.3 Å². The summed E-state index contributed by atoms with van der Waals surface area (Å²) in [4.78, 5) is 23.6. The van der Waals surface area contributed by atoms with Crippen LogP contribution in [-0.4, -0.2) is 18.9 Å². The molecule has 18 heavy (non-hydrogen) atoms. The average Bonchev–Trinajstić information content (AvgIpc) is 2.77. The summed E-state index contributed by atoms with van der Waals surface area (Å²) in [7, 11) is 1.24. The van der Waals surface area contributed by atoms with Crippen LogP contribution >= 0.6 is 0 Å². The van der Waals surface area contributed by atoms with Crippen molar-refractivity contribution in [1.29, 1.82) is 5.26 Å². The van der Waals surface area contributed by atoms with Crippen LogP contribution in [0.2, 0.25) is 0 Å². The van der Waals surface area contributed by atoms with Gasteiger partial charge < -0.3 is 4.74 Å². The third-order valence-electron chi connectivity index (χ3n) is 3.45. The van der Waals surface area contributed by atoms with Crippen molar-refractivity contribution in [2.24, 2.45) is 5.41 Å². The lowest BCUT2D eigenvalue weighted by Crippen LogP contribution is -2.33. The maximum atomic E-state index is 11.9. The number of methoxy groups -OCH3 is 1. The number of hydrogen-bond donors (Lipinski definition) is 0. The Balaban J connectivity index is 2.48. The molecule has 0 amide bonds. The first-order chi connectivity index (χ1) is 8.64. The molecule has 0 spiro atoms. The topological polar surface area (TPSA) is 67.2 Å². The van der Waals surface area contributed by atoms with Gasteiger partial charge in [0.05, 0.1) is 13.2 Å². The molecule has 1 fully saturated rings. The quantitative estimate of drug-likeness (QED) is 0.743. The van der Waals surface area contributed by atoms with Gasteiger partial charge in [-0.1, -0.05) is 30.3 Å². The summed E-state index contributed by atoms with van der Waals surface area (Å²) >= 11 is 0. The summed E-state index contributed by atoms with van der Waals surface area (Å²) in [6, 6.07) is 11.2. The Bertz CT molecular complexity index is 518. The normalized spacial score (nSPS) is 26.7. The van der Waals surface area contributed by atoms with E-state index in [0.717, 1.165) is 5.56 Å². The van der Waals surface area contributed by atoms with Crippen molar-refractivity contribution < 1.29 is 14.3 Å². The molecular formula is C14H13NO3. The lowest BCUT2D eigenvalue weighted by molar-refractivity contribution is -0.150. The number of ether oxygens (including phenoxy) is 1. The minimum atomic E-state index is -1.37. The van der Waals surface area contributed by atoms with E-state index in [2.05, 4.69) is 0 Å². The Hall–Kier alpha value is -2.15. The second kappa shape index (κ2) is 4.61. The van der Waals surface area contributed by atoms with Gasteiger partial charge in [-0.2, -0.15) is 5.26 Å². The fourth-order valence-corrected chi connectivity index (χ4v) is 2.56. The molecule has 1 aliphatic carbocycles. The number of hydrogen-bond acceptors (Lipinski definition) is 4. The van der Waals surface area contributed by atoms with Crippen LogP contribution < -0.4 is 0 Å². The first-order valence-electron chi connectivity index (χ1n) is 5.70. The molecule has 0 radical (unpaired) electrons. The molecule has 0 aliphatic heterocycles. The number of ketones is 1. The predicted molar refractivity (Wildman–Crippen MR) is 63.5 cm³/mol. The number of nitriles is 1. The molecule has 1 saturated carbocycles. The lowest BCUT2D eigenvalue weighted by Gasteiger charge is -2.25. The zero-order valence-corrected chi connectivity index (χ0v) is 10.1. The van der Waals surface area contributed by atoms with Gasteiger partial charge in [0, 0.05) is 18.8 Å². The molecular weight excluding hydrogens is 230 g/mol. The van der Waals surface area contributed by atoms with E-state index in [1.165, 1.54) is 7.11 Å². The lowest BCUT2D eigenvalue weighted by atomic mass is 9.75. The van der Waals surface area contributed by atoms with E-state index in [4.69, 9.17) is 4.74 Å².